The minimum Gasteiger partial charge on any atom is -0.0770 e. The largest absolute Gasteiger partial charge is 0.105 e. The van der Waals surface area contributed by atoms with Crippen molar-refractivity contribution < 1.29 is 0 Å². The van der Waals surface area contributed by atoms with Crippen LogP contribution in [0.3, 0.4) is 0 Å². The van der Waals surface area contributed by atoms with Gasteiger partial charge in [0.05, 0.1) is 0 Å². The van der Waals surface area contributed by atoms with Gasteiger partial charge in [0.25, 0.3) is 0 Å². The van der Waals surface area contributed by atoms with E-state index in [1.165, 1.54) is 12.0 Å². The van der Waals surface area contributed by atoms with Crippen molar-refractivity contribution in [3.05, 3.63) is 11.1 Å². The van der Waals surface area contributed by atoms with Crippen LogP contribution in [-0.2, 0) is 0 Å². The van der Waals surface area contributed by atoms with E-state index in [2.05, 4.69) is 49.4 Å². The standard InChI is InChI=1S/C12H25B/c1-8(2)12(9(3)4)7-10(5)11(6)13/h8,10-11H,7,13H2,1-6H3. The lowest BCUT2D eigenvalue weighted by Gasteiger charge is -2.21. The summed E-state index contributed by atoms with van der Waals surface area (Å²) in [6, 6.07) is 0. The number of allylic oxidation sites excluding steroid dienone is 2. The van der Waals surface area contributed by atoms with E-state index in [0.717, 1.165) is 11.7 Å². The summed E-state index contributed by atoms with van der Waals surface area (Å²) < 4.78 is 0. The van der Waals surface area contributed by atoms with Gasteiger partial charge < -0.3 is 0 Å². The molecule has 0 aliphatic heterocycles. The molecule has 0 radical (unpaired) electrons. The van der Waals surface area contributed by atoms with E-state index >= 15 is 0 Å². The summed E-state index contributed by atoms with van der Waals surface area (Å²) in [5.74, 6) is 2.33. The molecule has 1 heteroatoms. The van der Waals surface area contributed by atoms with Crippen molar-refractivity contribution in [2.45, 2.75) is 53.8 Å². The predicted octanol–water partition coefficient (Wildman–Crippen LogP) is 3.45. The second-order valence-corrected chi connectivity index (χ2v) is 5.11. The lowest BCUT2D eigenvalue weighted by molar-refractivity contribution is 0.522. The maximum atomic E-state index is 2.36. The Morgan fingerprint density at radius 2 is 1.54 bits per heavy atom. The fraction of sp³-hybridized carbons (Fsp3) is 0.833. The van der Waals surface area contributed by atoms with Gasteiger partial charge in [0.1, 0.15) is 7.85 Å². The molecular formula is C12H25B. The molecule has 0 saturated carbocycles. The summed E-state index contributed by atoms with van der Waals surface area (Å²) in [5.41, 5.74) is 3.17. The molecule has 2 unspecified atom stereocenters. The van der Waals surface area contributed by atoms with Crippen molar-refractivity contribution in [3.63, 3.8) is 0 Å². The fourth-order valence-electron chi connectivity index (χ4n) is 1.60. The molecule has 76 valence electrons. The Morgan fingerprint density at radius 3 is 1.77 bits per heavy atom. The SMILES string of the molecule is BC(C)C(C)CC(=C(C)C)C(C)C. The third-order valence-electron chi connectivity index (χ3n) is 3.02. The monoisotopic (exact) mass is 180 g/mol. The summed E-state index contributed by atoms with van der Waals surface area (Å²) >= 11 is 0. The molecule has 0 aliphatic rings. The summed E-state index contributed by atoms with van der Waals surface area (Å²) in [6.07, 6.45) is 1.28. The highest BCUT2D eigenvalue weighted by Crippen LogP contribution is 2.27. The molecule has 0 heterocycles. The second-order valence-electron chi connectivity index (χ2n) is 5.11. The van der Waals surface area contributed by atoms with Gasteiger partial charge in [-0.2, -0.15) is 0 Å². The van der Waals surface area contributed by atoms with Crippen LogP contribution in [0.1, 0.15) is 48.0 Å². The number of hydrogen-bond donors (Lipinski definition) is 0. The molecule has 0 saturated heterocycles. The van der Waals surface area contributed by atoms with Crippen LogP contribution in [0.2, 0.25) is 5.82 Å². The molecule has 0 fully saturated rings. The molecular weight excluding hydrogens is 155 g/mol. The molecule has 0 rings (SSSR count). The average Bonchev–Trinajstić information content (AvgIpc) is 1.97. The van der Waals surface area contributed by atoms with Gasteiger partial charge in [0, 0.05) is 0 Å². The van der Waals surface area contributed by atoms with Crippen molar-refractivity contribution >= 4 is 7.85 Å². The predicted molar refractivity (Wildman–Crippen MR) is 65.0 cm³/mol. The zero-order valence-electron chi connectivity index (χ0n) is 10.4. The van der Waals surface area contributed by atoms with E-state index in [-0.39, 0.29) is 0 Å². The average molecular weight is 180 g/mol. The van der Waals surface area contributed by atoms with Crippen molar-refractivity contribution in [3.8, 4) is 0 Å². The summed E-state index contributed by atoms with van der Waals surface area (Å²) in [4.78, 5) is 0. The molecule has 0 aliphatic carbocycles. The van der Waals surface area contributed by atoms with Gasteiger partial charge in [-0.25, -0.2) is 0 Å². The third-order valence-corrected chi connectivity index (χ3v) is 3.02. The molecule has 0 N–H and O–H groups in total. The Kier molecular flexibility index (Phi) is 5.43. The van der Waals surface area contributed by atoms with Crippen LogP contribution in [0, 0.1) is 11.8 Å². The molecule has 0 aromatic heterocycles. The first kappa shape index (κ1) is 12.8. The van der Waals surface area contributed by atoms with E-state index in [1.807, 2.05) is 0 Å². The molecule has 0 aromatic rings. The van der Waals surface area contributed by atoms with Crippen LogP contribution >= 0.6 is 0 Å². The first-order valence-corrected chi connectivity index (χ1v) is 5.52. The second kappa shape index (κ2) is 5.52. The van der Waals surface area contributed by atoms with Gasteiger partial charge in [0.15, 0.2) is 0 Å². The highest BCUT2D eigenvalue weighted by atomic mass is 14.2. The number of rotatable bonds is 4. The molecule has 0 amide bonds. The minimum atomic E-state index is 0.714. The smallest absolute Gasteiger partial charge is 0.0770 e. The van der Waals surface area contributed by atoms with Crippen molar-refractivity contribution in [2.24, 2.45) is 11.8 Å². The van der Waals surface area contributed by atoms with Crippen LogP contribution in [0.15, 0.2) is 11.1 Å². The van der Waals surface area contributed by atoms with Gasteiger partial charge >= 0.3 is 0 Å². The van der Waals surface area contributed by atoms with E-state index in [4.69, 9.17) is 0 Å². The first-order chi connectivity index (χ1) is 5.86. The van der Waals surface area contributed by atoms with Crippen LogP contribution in [0.5, 0.6) is 0 Å². The van der Waals surface area contributed by atoms with Crippen LogP contribution in [0.25, 0.3) is 0 Å². The van der Waals surface area contributed by atoms with E-state index in [1.54, 1.807) is 5.57 Å². The third kappa shape index (κ3) is 4.54. The first-order valence-electron chi connectivity index (χ1n) is 5.52. The highest BCUT2D eigenvalue weighted by Gasteiger charge is 2.12. The lowest BCUT2D eigenvalue weighted by Crippen LogP contribution is -2.07. The Balaban J connectivity index is 4.38. The molecule has 0 nitrogen and oxygen atoms in total. The Labute approximate surface area is 85.2 Å². The van der Waals surface area contributed by atoms with E-state index in [9.17, 15) is 0 Å². The molecule has 2 atom stereocenters. The lowest BCUT2D eigenvalue weighted by atomic mass is 9.74. The quantitative estimate of drug-likeness (QED) is 0.459. The van der Waals surface area contributed by atoms with Crippen LogP contribution < -0.4 is 0 Å². The maximum absolute atomic E-state index is 2.36. The van der Waals surface area contributed by atoms with Gasteiger partial charge in [-0.1, -0.05) is 44.7 Å². The topological polar surface area (TPSA) is 0 Å². The number of hydrogen-bond acceptors (Lipinski definition) is 0. The van der Waals surface area contributed by atoms with Crippen LogP contribution in [-0.4, -0.2) is 7.85 Å². The maximum Gasteiger partial charge on any atom is 0.105 e. The Bertz CT molecular complexity index is 174. The highest BCUT2D eigenvalue weighted by molar-refractivity contribution is 6.11. The zero-order valence-corrected chi connectivity index (χ0v) is 10.4. The van der Waals surface area contributed by atoms with E-state index < -0.39 is 0 Å². The normalized spacial score (nSPS) is 15.6. The van der Waals surface area contributed by atoms with Gasteiger partial charge in [-0.05, 0) is 32.1 Å². The molecule has 0 bridgehead atoms. The summed E-state index contributed by atoms with van der Waals surface area (Å²) in [7, 11) is 2.31. The van der Waals surface area contributed by atoms with Crippen molar-refractivity contribution in [1.29, 1.82) is 0 Å². The minimum absolute atomic E-state index is 0.714. The Hall–Kier alpha value is -0.195. The summed E-state index contributed by atoms with van der Waals surface area (Å²) in [5, 5.41) is 0. The molecule has 0 spiro atoms. The van der Waals surface area contributed by atoms with E-state index in [0.29, 0.717) is 5.92 Å². The molecule has 0 aromatic carbocycles. The van der Waals surface area contributed by atoms with Crippen LogP contribution in [0.4, 0.5) is 0 Å². The van der Waals surface area contributed by atoms with Gasteiger partial charge in [0.2, 0.25) is 0 Å². The zero-order chi connectivity index (χ0) is 10.6. The Morgan fingerprint density at radius 1 is 1.08 bits per heavy atom. The molecule has 13 heavy (non-hydrogen) atoms. The van der Waals surface area contributed by atoms with Crippen molar-refractivity contribution in [1.82, 2.24) is 0 Å². The van der Waals surface area contributed by atoms with Crippen molar-refractivity contribution in [2.75, 3.05) is 0 Å². The summed E-state index contributed by atoms with van der Waals surface area (Å²) in [6.45, 7) is 13.7. The fourth-order valence-corrected chi connectivity index (χ4v) is 1.60. The van der Waals surface area contributed by atoms with Gasteiger partial charge in [-0.15, -0.1) is 0 Å². The van der Waals surface area contributed by atoms with Gasteiger partial charge in [-0.3, -0.25) is 0 Å².